The van der Waals surface area contributed by atoms with Crippen molar-refractivity contribution in [3.63, 3.8) is 0 Å². The van der Waals surface area contributed by atoms with Gasteiger partial charge in [-0.05, 0) is 12.5 Å². The summed E-state index contributed by atoms with van der Waals surface area (Å²) in [5.74, 6) is 0. The Bertz CT molecular complexity index is 149. The highest BCUT2D eigenvalue weighted by molar-refractivity contribution is 9.11. The molecule has 2 heteroatoms. The summed E-state index contributed by atoms with van der Waals surface area (Å²) in [6.07, 6.45) is 7.45. The van der Waals surface area contributed by atoms with E-state index < -0.39 is 0 Å². The number of methoxy groups -OCH3 is 1. The highest BCUT2D eigenvalue weighted by atomic mass is 79.9. The third-order valence-corrected chi connectivity index (χ3v) is 1.82. The molecule has 0 heterocycles. The minimum absolute atomic E-state index is 0.268. The normalized spacial score (nSPS) is 26.0. The Morgan fingerprint density at radius 1 is 1.78 bits per heavy atom. The van der Waals surface area contributed by atoms with E-state index in [1.807, 2.05) is 6.08 Å². The van der Waals surface area contributed by atoms with Crippen LogP contribution in [-0.2, 0) is 4.74 Å². The molecule has 0 aromatic carbocycles. The van der Waals surface area contributed by atoms with Crippen LogP contribution in [0.4, 0.5) is 0 Å². The molecule has 1 rings (SSSR count). The van der Waals surface area contributed by atoms with Crippen LogP contribution in [0.3, 0.4) is 0 Å². The van der Waals surface area contributed by atoms with E-state index in [4.69, 9.17) is 4.74 Å². The van der Waals surface area contributed by atoms with E-state index in [1.54, 1.807) is 7.11 Å². The molecule has 0 aliphatic heterocycles. The largest absolute Gasteiger partial charge is 0.377 e. The molecular weight excluding hydrogens is 180 g/mol. The highest BCUT2D eigenvalue weighted by Gasteiger charge is 2.04. The predicted molar refractivity (Wildman–Crippen MR) is 41.6 cm³/mol. The second kappa shape index (κ2) is 3.18. The van der Waals surface area contributed by atoms with Crippen LogP contribution < -0.4 is 0 Å². The number of rotatable bonds is 1. The quantitative estimate of drug-likeness (QED) is 0.614. The van der Waals surface area contributed by atoms with Crippen LogP contribution in [0.2, 0.25) is 0 Å². The van der Waals surface area contributed by atoms with E-state index in [1.165, 1.54) is 0 Å². The van der Waals surface area contributed by atoms with Crippen LogP contribution in [0.15, 0.2) is 22.7 Å². The Kier molecular flexibility index (Phi) is 2.49. The van der Waals surface area contributed by atoms with Gasteiger partial charge in [0.15, 0.2) is 0 Å². The van der Waals surface area contributed by atoms with E-state index in [0.29, 0.717) is 0 Å². The molecule has 0 radical (unpaired) electrons. The van der Waals surface area contributed by atoms with E-state index in [9.17, 15) is 0 Å². The maximum Gasteiger partial charge on any atom is 0.0800 e. The van der Waals surface area contributed by atoms with Crippen molar-refractivity contribution in [2.24, 2.45) is 0 Å². The SMILES string of the molecule is COC1C=C(Br)C=CC1. The van der Waals surface area contributed by atoms with Gasteiger partial charge in [-0.2, -0.15) is 0 Å². The minimum atomic E-state index is 0.268. The third-order valence-electron chi connectivity index (χ3n) is 1.29. The lowest BCUT2D eigenvalue weighted by atomic mass is 10.1. The van der Waals surface area contributed by atoms with Crippen molar-refractivity contribution < 1.29 is 4.74 Å². The summed E-state index contributed by atoms with van der Waals surface area (Å²) in [4.78, 5) is 0. The number of ether oxygens (including phenoxy) is 1. The number of hydrogen-bond donors (Lipinski definition) is 0. The van der Waals surface area contributed by atoms with Crippen molar-refractivity contribution in [3.8, 4) is 0 Å². The molecule has 1 aliphatic rings. The van der Waals surface area contributed by atoms with Gasteiger partial charge in [-0.3, -0.25) is 0 Å². The molecule has 0 fully saturated rings. The third kappa shape index (κ3) is 1.95. The van der Waals surface area contributed by atoms with Crippen LogP contribution >= 0.6 is 15.9 Å². The molecule has 0 spiro atoms. The van der Waals surface area contributed by atoms with E-state index in [2.05, 4.69) is 28.1 Å². The smallest absolute Gasteiger partial charge is 0.0800 e. The molecule has 0 amide bonds. The maximum absolute atomic E-state index is 5.10. The molecule has 0 N–H and O–H groups in total. The summed E-state index contributed by atoms with van der Waals surface area (Å²) in [5, 5.41) is 0. The molecule has 1 unspecified atom stereocenters. The molecule has 1 aliphatic carbocycles. The van der Waals surface area contributed by atoms with Crippen LogP contribution in [0.25, 0.3) is 0 Å². The zero-order valence-electron chi connectivity index (χ0n) is 5.30. The Morgan fingerprint density at radius 3 is 3.00 bits per heavy atom. The minimum Gasteiger partial charge on any atom is -0.377 e. The summed E-state index contributed by atoms with van der Waals surface area (Å²) < 4.78 is 6.22. The fourth-order valence-corrected chi connectivity index (χ4v) is 1.26. The molecule has 0 bridgehead atoms. The number of hydrogen-bond acceptors (Lipinski definition) is 1. The zero-order chi connectivity index (χ0) is 6.69. The Hall–Kier alpha value is -0.0800. The van der Waals surface area contributed by atoms with Crippen molar-refractivity contribution in [1.82, 2.24) is 0 Å². The second-order valence-corrected chi connectivity index (χ2v) is 2.88. The van der Waals surface area contributed by atoms with Gasteiger partial charge in [-0.1, -0.05) is 28.1 Å². The van der Waals surface area contributed by atoms with Gasteiger partial charge in [0.2, 0.25) is 0 Å². The van der Waals surface area contributed by atoms with Gasteiger partial charge >= 0.3 is 0 Å². The fraction of sp³-hybridized carbons (Fsp3) is 0.429. The second-order valence-electron chi connectivity index (χ2n) is 1.96. The van der Waals surface area contributed by atoms with E-state index in [0.717, 1.165) is 10.9 Å². The fourth-order valence-electron chi connectivity index (χ4n) is 0.780. The van der Waals surface area contributed by atoms with Gasteiger partial charge in [-0.25, -0.2) is 0 Å². The first-order chi connectivity index (χ1) is 4.33. The van der Waals surface area contributed by atoms with Crippen LogP contribution in [0.1, 0.15) is 6.42 Å². The summed E-state index contributed by atoms with van der Waals surface area (Å²) in [6.45, 7) is 0. The molecule has 1 nitrogen and oxygen atoms in total. The monoisotopic (exact) mass is 188 g/mol. The van der Waals surface area contributed by atoms with E-state index >= 15 is 0 Å². The number of halogens is 1. The Labute approximate surface area is 63.5 Å². The van der Waals surface area contributed by atoms with Crippen LogP contribution in [0.5, 0.6) is 0 Å². The average Bonchev–Trinajstić information content (AvgIpc) is 1.88. The van der Waals surface area contributed by atoms with Gasteiger partial charge in [0.25, 0.3) is 0 Å². The molecule has 0 saturated carbocycles. The van der Waals surface area contributed by atoms with Crippen molar-refractivity contribution in [2.75, 3.05) is 7.11 Å². The Balaban J connectivity index is 2.55. The van der Waals surface area contributed by atoms with Gasteiger partial charge in [0.05, 0.1) is 6.10 Å². The molecular formula is C7H9BrO. The topological polar surface area (TPSA) is 9.23 Å². The first kappa shape index (κ1) is 7.03. The lowest BCUT2D eigenvalue weighted by Crippen LogP contribution is -2.07. The Morgan fingerprint density at radius 2 is 2.56 bits per heavy atom. The maximum atomic E-state index is 5.10. The standard InChI is InChI=1S/C7H9BrO/c1-9-7-4-2-3-6(8)5-7/h2-3,5,7H,4H2,1H3. The lowest BCUT2D eigenvalue weighted by molar-refractivity contribution is 0.142. The summed E-state index contributed by atoms with van der Waals surface area (Å²) in [5.41, 5.74) is 0. The van der Waals surface area contributed by atoms with Gasteiger partial charge in [-0.15, -0.1) is 0 Å². The van der Waals surface area contributed by atoms with Crippen LogP contribution in [-0.4, -0.2) is 13.2 Å². The highest BCUT2D eigenvalue weighted by Crippen LogP contribution is 2.16. The predicted octanol–water partition coefficient (Wildman–Crippen LogP) is 2.24. The lowest BCUT2D eigenvalue weighted by Gasteiger charge is -2.11. The van der Waals surface area contributed by atoms with Gasteiger partial charge in [0, 0.05) is 11.6 Å². The summed E-state index contributed by atoms with van der Waals surface area (Å²) in [7, 11) is 1.72. The zero-order valence-corrected chi connectivity index (χ0v) is 6.89. The van der Waals surface area contributed by atoms with Crippen molar-refractivity contribution in [2.45, 2.75) is 12.5 Å². The summed E-state index contributed by atoms with van der Waals surface area (Å²) >= 11 is 3.36. The van der Waals surface area contributed by atoms with E-state index in [-0.39, 0.29) is 6.10 Å². The molecule has 9 heavy (non-hydrogen) atoms. The van der Waals surface area contributed by atoms with Crippen molar-refractivity contribution in [1.29, 1.82) is 0 Å². The molecule has 1 atom stereocenters. The first-order valence-electron chi connectivity index (χ1n) is 2.89. The molecule has 0 aromatic heterocycles. The number of allylic oxidation sites excluding steroid dienone is 2. The van der Waals surface area contributed by atoms with Gasteiger partial charge < -0.3 is 4.74 Å². The van der Waals surface area contributed by atoms with Crippen molar-refractivity contribution >= 4 is 15.9 Å². The molecule has 50 valence electrons. The van der Waals surface area contributed by atoms with Gasteiger partial charge in [0.1, 0.15) is 0 Å². The summed E-state index contributed by atoms with van der Waals surface area (Å²) in [6, 6.07) is 0. The van der Waals surface area contributed by atoms with Crippen LogP contribution in [0, 0.1) is 0 Å². The molecule has 0 aromatic rings. The average molecular weight is 189 g/mol. The first-order valence-corrected chi connectivity index (χ1v) is 3.69. The molecule has 0 saturated heterocycles. The van der Waals surface area contributed by atoms with Crippen molar-refractivity contribution in [3.05, 3.63) is 22.7 Å².